The van der Waals surface area contributed by atoms with E-state index in [-0.39, 0.29) is 65.9 Å². The van der Waals surface area contributed by atoms with Crippen LogP contribution in [0.3, 0.4) is 0 Å². The zero-order valence-corrected chi connectivity index (χ0v) is 55.5. The number of imidazole rings is 1. The van der Waals surface area contributed by atoms with Crippen molar-refractivity contribution in [3.05, 3.63) is 51.4 Å². The molecule has 2 saturated heterocycles. The molecular weight excluding hydrogens is 1340 g/mol. The lowest BCUT2D eigenvalue weighted by Gasteiger charge is -2.46. The van der Waals surface area contributed by atoms with Crippen LogP contribution in [-0.2, 0) is 47.7 Å². The quantitative estimate of drug-likeness (QED) is 0.0146. The number of aromatic amines is 1. The second-order valence-electron chi connectivity index (χ2n) is 23.8. The number of primary amides is 3. The second-order valence-corrected chi connectivity index (χ2v) is 25.8. The van der Waals surface area contributed by atoms with E-state index in [9.17, 15) is 69.6 Å². The standard InChI is InChI=1S/C56H87N19O21S2/c1-20-33(72-46(75-44(20)61)25(13-31(60)78)67-14-23(57)45(62)84)49(87)73-34(40(26-15-64-19-68-26)94-54-42(38(82)36(80)22(3)92-54)95-53-39(83)41(96-55(63)90)37(81)29(16-77)93-53)50(88)70-24(9-12-76)35(79)21(2)47(85)74-43(56(4,5)91)51(89)66-11-8-32-69-28(18-97-32)52-71-27(17-98-52)48(86)65-10-6-7-30(58)59/h15,17,19,21-25,28-29,34-43,53-54,67,76-77,79-83,91H,6-14,16,18,57H2,1-5H3,(H3,58,59)(H2,60,78)(H2,62,84)(H2,63,90)(H,64,68)(H,65,86)(H,66,89)(H,70,88)(H,73,87)(H,74,85)(H2,61,72,75). The van der Waals surface area contributed by atoms with E-state index in [1.165, 1.54) is 57.7 Å². The summed E-state index contributed by atoms with van der Waals surface area (Å²) < 4.78 is 29.0. The van der Waals surface area contributed by atoms with Crippen LogP contribution in [0.5, 0.6) is 0 Å². The smallest absolute Gasteiger partial charge is 0.404 e. The van der Waals surface area contributed by atoms with Gasteiger partial charge < -0.3 is 136 Å². The molecule has 0 aliphatic carbocycles. The van der Waals surface area contributed by atoms with Gasteiger partial charge in [0.15, 0.2) is 18.7 Å². The summed E-state index contributed by atoms with van der Waals surface area (Å²) in [4.78, 5) is 132. The van der Waals surface area contributed by atoms with E-state index in [1.807, 2.05) is 0 Å². The van der Waals surface area contributed by atoms with Gasteiger partial charge in [-0.05, 0) is 40.5 Å². The molecule has 544 valence electrons. The van der Waals surface area contributed by atoms with E-state index in [0.717, 1.165) is 12.5 Å². The van der Waals surface area contributed by atoms with Gasteiger partial charge in [0.2, 0.25) is 29.5 Å². The average molecular weight is 1430 g/mol. The highest BCUT2D eigenvalue weighted by molar-refractivity contribution is 8.14. The molecule has 3 aromatic rings. The number of carbonyl (C=O) groups is 8. The molecule has 42 heteroatoms. The van der Waals surface area contributed by atoms with Crippen LogP contribution in [-0.4, -0.2) is 260 Å². The van der Waals surface area contributed by atoms with Crippen molar-refractivity contribution in [3.63, 3.8) is 0 Å². The van der Waals surface area contributed by atoms with E-state index in [1.54, 1.807) is 5.38 Å². The normalized spacial score (nSPS) is 25.0. The van der Waals surface area contributed by atoms with Gasteiger partial charge in [0.05, 0.1) is 77.6 Å². The average Bonchev–Trinajstić information content (AvgIpc) is 0.884. The van der Waals surface area contributed by atoms with E-state index in [2.05, 4.69) is 56.8 Å². The van der Waals surface area contributed by atoms with Crippen molar-refractivity contribution in [2.75, 3.05) is 44.3 Å². The summed E-state index contributed by atoms with van der Waals surface area (Å²) in [5, 5.41) is 115. The Labute approximate surface area is 567 Å². The number of thiazole rings is 1. The molecule has 3 aromatic heterocycles. The summed E-state index contributed by atoms with van der Waals surface area (Å²) >= 11 is 2.66. The number of nitrogens with one attached hydrogen (secondary N) is 8. The van der Waals surface area contributed by atoms with Gasteiger partial charge in [-0.3, -0.25) is 44.0 Å². The summed E-state index contributed by atoms with van der Waals surface area (Å²) in [7, 11) is 0. The molecule has 98 heavy (non-hydrogen) atoms. The molecule has 3 aliphatic heterocycles. The number of rotatable bonds is 36. The fraction of sp³-hybridized carbons (Fsp3) is 0.643. The first kappa shape index (κ1) is 79.2. The number of anilines is 1. The number of amides is 8. The number of nitrogens with zero attached hydrogens (tertiary/aromatic N) is 5. The van der Waals surface area contributed by atoms with E-state index in [4.69, 9.17) is 68.5 Å². The Bertz CT molecular complexity index is 3300. The van der Waals surface area contributed by atoms with Crippen LogP contribution in [0.25, 0.3) is 0 Å². The van der Waals surface area contributed by atoms with Crippen molar-refractivity contribution in [1.82, 2.24) is 56.8 Å². The number of aliphatic hydroxyl groups excluding tert-OH is 7. The number of thioether (sulfide) groups is 1. The maximum absolute atomic E-state index is 15.4. The highest BCUT2D eigenvalue weighted by atomic mass is 32.2. The van der Waals surface area contributed by atoms with Crippen molar-refractivity contribution in [3.8, 4) is 0 Å². The number of hydrogen-bond acceptors (Lipinski definition) is 32. The topological polar surface area (TPSA) is 676 Å². The molecule has 0 saturated carbocycles. The number of ether oxygens (including phenoxy) is 5. The number of nitrogen functional groups attached to an aromatic ring is 1. The summed E-state index contributed by atoms with van der Waals surface area (Å²) in [6, 6.07) is -8.53. The Hall–Kier alpha value is -7.79. The lowest BCUT2D eigenvalue weighted by Crippen LogP contribution is -2.65. The van der Waals surface area contributed by atoms with Crippen LogP contribution >= 0.6 is 23.1 Å². The fourth-order valence-corrected chi connectivity index (χ4v) is 12.2. The molecule has 2 fully saturated rings. The van der Waals surface area contributed by atoms with E-state index >= 15 is 9.59 Å². The van der Waals surface area contributed by atoms with Crippen molar-refractivity contribution in [1.29, 1.82) is 5.41 Å². The number of amidine groups is 1. The zero-order valence-electron chi connectivity index (χ0n) is 53.9. The van der Waals surface area contributed by atoms with Crippen molar-refractivity contribution in [2.45, 2.75) is 182 Å². The van der Waals surface area contributed by atoms with Crippen LogP contribution in [0.4, 0.5) is 10.6 Å². The minimum atomic E-state index is -2.20. The third-order valence-electron chi connectivity index (χ3n) is 15.9. The Balaban J connectivity index is 1.29. The largest absolute Gasteiger partial charge is 0.441 e. The molecule has 28 N–H and O–H groups in total. The SMILES string of the molecule is Cc1c(N)nc(C(CC(N)=O)NCC(N)C(N)=O)nc1C(=O)NC(C(=O)NC(CCO)C(O)C(C)C(=O)NC(C(=O)NCCC1=NC(c2nc(C(=O)NCCCC(=N)N)cs2)CS1)C(C)(C)O)C(OC1OC(C)C(O)C(O)C1OC1OC(CO)C(O)C(OC(N)=O)C1O)c1cnc[nH]1. The van der Waals surface area contributed by atoms with Crippen molar-refractivity contribution in [2.24, 2.45) is 39.6 Å². The summed E-state index contributed by atoms with van der Waals surface area (Å²) in [5.74, 6) is -8.54. The minimum Gasteiger partial charge on any atom is -0.441 e. The number of carbonyl (C=O) groups excluding carboxylic acids is 8. The molecular formula is C56H87N19O21S2. The third-order valence-corrected chi connectivity index (χ3v) is 17.9. The number of aliphatic hydroxyl groups is 8. The molecule has 6 heterocycles. The van der Waals surface area contributed by atoms with Gasteiger partial charge in [-0.1, -0.05) is 6.92 Å². The molecule has 3 aliphatic rings. The third kappa shape index (κ3) is 21.1. The first-order chi connectivity index (χ1) is 46.1. The Morgan fingerprint density at radius 2 is 1.60 bits per heavy atom. The number of H-pyrrole nitrogens is 1. The molecule has 8 amide bonds. The van der Waals surface area contributed by atoms with E-state index < -0.39 is 189 Å². The predicted molar refractivity (Wildman–Crippen MR) is 343 cm³/mol. The number of aromatic nitrogens is 5. The van der Waals surface area contributed by atoms with Crippen LogP contribution in [0.1, 0.15) is 121 Å². The van der Waals surface area contributed by atoms with Gasteiger partial charge in [0, 0.05) is 62.2 Å². The van der Waals surface area contributed by atoms with Gasteiger partial charge in [-0.15, -0.1) is 23.1 Å². The van der Waals surface area contributed by atoms with Crippen molar-refractivity contribution >= 4 is 87.2 Å². The zero-order chi connectivity index (χ0) is 72.6. The second kappa shape index (κ2) is 35.8. The number of aliphatic imine (C=N–C) groups is 1. The Morgan fingerprint density at radius 1 is 0.888 bits per heavy atom. The van der Waals surface area contributed by atoms with Crippen LogP contribution in [0.2, 0.25) is 0 Å². The molecule has 0 radical (unpaired) electrons. The van der Waals surface area contributed by atoms with Crippen LogP contribution in [0, 0.1) is 18.3 Å². The lowest BCUT2D eigenvalue weighted by molar-refractivity contribution is -0.369. The van der Waals surface area contributed by atoms with Gasteiger partial charge in [-0.2, -0.15) is 0 Å². The number of hydrogen-bond donors (Lipinski definition) is 22. The maximum atomic E-state index is 15.4. The predicted octanol–water partition coefficient (Wildman–Crippen LogP) is -7.56. The molecule has 19 unspecified atom stereocenters. The fourth-order valence-electron chi connectivity index (χ4n) is 10.3. The highest BCUT2D eigenvalue weighted by Gasteiger charge is 2.53. The summed E-state index contributed by atoms with van der Waals surface area (Å²) in [5.41, 5.74) is 31.0. The summed E-state index contributed by atoms with van der Waals surface area (Å²) in [6.45, 7) is 4.43. The maximum Gasteiger partial charge on any atom is 0.404 e. The molecule has 6 rings (SSSR count). The molecule has 40 nitrogen and oxygen atoms in total. The minimum absolute atomic E-state index is 0.00825. The monoisotopic (exact) mass is 1430 g/mol. The number of nitrogens with two attached hydrogens (primary N) is 6. The van der Waals surface area contributed by atoms with Gasteiger partial charge in [0.25, 0.3) is 11.8 Å². The van der Waals surface area contributed by atoms with Gasteiger partial charge >= 0.3 is 6.09 Å². The Morgan fingerprint density at radius 3 is 2.22 bits per heavy atom. The van der Waals surface area contributed by atoms with Gasteiger partial charge in [-0.25, -0.2) is 24.7 Å². The molecule has 0 bridgehead atoms. The summed E-state index contributed by atoms with van der Waals surface area (Å²) in [6.07, 6.45) is -22.4. The molecule has 0 spiro atoms. The molecule has 0 aromatic carbocycles. The highest BCUT2D eigenvalue weighted by Crippen LogP contribution is 2.36. The Kier molecular flexibility index (Phi) is 28.9. The van der Waals surface area contributed by atoms with Crippen LogP contribution in [0.15, 0.2) is 22.9 Å². The van der Waals surface area contributed by atoms with E-state index in [0.29, 0.717) is 35.2 Å². The lowest BCUT2D eigenvalue weighted by atomic mass is 9.92. The van der Waals surface area contributed by atoms with Crippen molar-refractivity contribution < 1.29 is 103 Å². The van der Waals surface area contributed by atoms with Crippen LogP contribution < -0.4 is 66.3 Å². The first-order valence-electron chi connectivity index (χ1n) is 30.7. The molecule has 19 atom stereocenters. The first-order valence-corrected chi connectivity index (χ1v) is 32.6. The van der Waals surface area contributed by atoms with Gasteiger partial charge in [0.1, 0.15) is 88.9 Å².